The number of aromatic nitrogens is 1. The summed E-state index contributed by atoms with van der Waals surface area (Å²) in [6, 6.07) is 4.83. The van der Waals surface area contributed by atoms with Crippen molar-refractivity contribution in [3.8, 4) is 0 Å². The van der Waals surface area contributed by atoms with Crippen LogP contribution in [-0.4, -0.2) is 4.98 Å². The molecule has 0 saturated heterocycles. The Balaban J connectivity index is 1.34. The lowest BCUT2D eigenvalue weighted by molar-refractivity contribution is 0.297. The van der Waals surface area contributed by atoms with Gasteiger partial charge in [0.05, 0.1) is 0 Å². The van der Waals surface area contributed by atoms with Gasteiger partial charge in [0.15, 0.2) is 0 Å². The second-order valence-corrected chi connectivity index (χ2v) is 11.0. The summed E-state index contributed by atoms with van der Waals surface area (Å²) < 4.78 is 0. The van der Waals surface area contributed by atoms with E-state index in [2.05, 4.69) is 32.2 Å². The van der Waals surface area contributed by atoms with E-state index >= 15 is 0 Å². The highest BCUT2D eigenvalue weighted by Crippen LogP contribution is 2.40. The van der Waals surface area contributed by atoms with Gasteiger partial charge in [0.1, 0.15) is 0 Å². The van der Waals surface area contributed by atoms with Gasteiger partial charge in [-0.05, 0) is 80.8 Å². The van der Waals surface area contributed by atoms with Crippen molar-refractivity contribution in [2.24, 2.45) is 11.8 Å². The van der Waals surface area contributed by atoms with Gasteiger partial charge in [-0.1, -0.05) is 90.5 Å². The molecule has 1 aromatic heterocycles. The van der Waals surface area contributed by atoms with E-state index in [1.54, 1.807) is 0 Å². The minimum atomic E-state index is 0.726. The van der Waals surface area contributed by atoms with Crippen molar-refractivity contribution in [1.82, 2.24) is 4.98 Å². The van der Waals surface area contributed by atoms with E-state index in [9.17, 15) is 0 Å². The van der Waals surface area contributed by atoms with E-state index in [1.807, 2.05) is 0 Å². The maximum Gasteiger partial charge on any atom is 0.0434 e. The number of nitrogens with zero attached hydrogens (tertiary/aromatic N) is 1. The summed E-state index contributed by atoms with van der Waals surface area (Å²) in [5.41, 5.74) is 2.91. The first kappa shape index (κ1) is 24.8. The number of hydrogen-bond acceptors (Lipinski definition) is 1. The minimum absolute atomic E-state index is 0.726. The normalized spacial score (nSPS) is 26.8. The summed E-state index contributed by atoms with van der Waals surface area (Å²) in [6.07, 6.45) is 29.3. The lowest BCUT2D eigenvalue weighted by Crippen LogP contribution is -2.15. The Labute approximate surface area is 194 Å². The van der Waals surface area contributed by atoms with Crippen molar-refractivity contribution in [3.05, 3.63) is 29.6 Å². The molecule has 0 N–H and O–H groups in total. The van der Waals surface area contributed by atoms with Gasteiger partial charge in [0, 0.05) is 17.8 Å². The van der Waals surface area contributed by atoms with E-state index in [0.717, 1.165) is 23.7 Å². The maximum absolute atomic E-state index is 4.99. The third-order valence-electron chi connectivity index (χ3n) is 8.57. The molecule has 0 atom stereocenters. The van der Waals surface area contributed by atoms with Crippen molar-refractivity contribution in [2.75, 3.05) is 0 Å². The van der Waals surface area contributed by atoms with Crippen LogP contribution in [0.1, 0.15) is 159 Å². The molecule has 0 aromatic carbocycles. The van der Waals surface area contributed by atoms with Gasteiger partial charge in [-0.15, -0.1) is 0 Å². The zero-order valence-electron chi connectivity index (χ0n) is 20.9. The molecular weight excluding hydrogens is 374 g/mol. The number of hydrogen-bond donors (Lipinski definition) is 0. The van der Waals surface area contributed by atoms with Gasteiger partial charge in [-0.3, -0.25) is 4.98 Å². The molecule has 1 aromatic rings. The predicted octanol–water partition coefficient (Wildman–Crippen LogP) is 9.96. The molecular formula is C30H51N. The van der Waals surface area contributed by atoms with Crippen molar-refractivity contribution in [2.45, 2.75) is 148 Å². The fourth-order valence-electron chi connectivity index (χ4n) is 6.33. The first-order valence-corrected chi connectivity index (χ1v) is 14.3. The molecule has 0 radical (unpaired) electrons. The molecule has 0 spiro atoms. The highest BCUT2D eigenvalue weighted by atomic mass is 14.7. The first-order valence-electron chi connectivity index (χ1n) is 14.3. The van der Waals surface area contributed by atoms with Gasteiger partial charge in [0.2, 0.25) is 0 Å². The molecule has 2 aliphatic carbocycles. The fourth-order valence-corrected chi connectivity index (χ4v) is 6.33. The summed E-state index contributed by atoms with van der Waals surface area (Å²) in [4.78, 5) is 4.99. The van der Waals surface area contributed by atoms with Crippen LogP contribution in [0.5, 0.6) is 0 Å². The van der Waals surface area contributed by atoms with Crippen LogP contribution in [0, 0.1) is 11.8 Å². The van der Waals surface area contributed by atoms with Crippen LogP contribution in [-0.2, 0) is 0 Å². The molecule has 176 valence electrons. The van der Waals surface area contributed by atoms with E-state index < -0.39 is 0 Å². The maximum atomic E-state index is 4.99. The van der Waals surface area contributed by atoms with Crippen LogP contribution >= 0.6 is 0 Å². The SMILES string of the molecule is CCCCCCCC1CCC(c2ccc(C3CCC(CCCCCC)CC3)nc2)CC1. The highest BCUT2D eigenvalue weighted by Gasteiger charge is 2.25. The summed E-state index contributed by atoms with van der Waals surface area (Å²) in [5, 5.41) is 0. The van der Waals surface area contributed by atoms with E-state index in [4.69, 9.17) is 4.98 Å². The van der Waals surface area contributed by atoms with Gasteiger partial charge >= 0.3 is 0 Å². The Morgan fingerprint density at radius 2 is 1.13 bits per heavy atom. The average Bonchev–Trinajstić information content (AvgIpc) is 2.83. The van der Waals surface area contributed by atoms with Crippen molar-refractivity contribution >= 4 is 0 Å². The number of rotatable bonds is 13. The van der Waals surface area contributed by atoms with Crippen molar-refractivity contribution in [3.63, 3.8) is 0 Å². The number of unbranched alkanes of at least 4 members (excludes halogenated alkanes) is 7. The second kappa shape index (κ2) is 14.3. The van der Waals surface area contributed by atoms with Crippen LogP contribution in [0.4, 0.5) is 0 Å². The molecule has 2 fully saturated rings. The summed E-state index contributed by atoms with van der Waals surface area (Å²) in [7, 11) is 0. The Bertz CT molecular complexity index is 561. The van der Waals surface area contributed by atoms with Gasteiger partial charge in [0.25, 0.3) is 0 Å². The quantitative estimate of drug-likeness (QED) is 0.286. The third kappa shape index (κ3) is 8.54. The van der Waals surface area contributed by atoms with Crippen molar-refractivity contribution < 1.29 is 0 Å². The molecule has 3 rings (SSSR count). The highest BCUT2D eigenvalue weighted by molar-refractivity contribution is 5.21. The lowest BCUT2D eigenvalue weighted by Gasteiger charge is -2.30. The van der Waals surface area contributed by atoms with Crippen molar-refractivity contribution in [1.29, 1.82) is 0 Å². The minimum Gasteiger partial charge on any atom is -0.261 e. The summed E-state index contributed by atoms with van der Waals surface area (Å²) in [6.45, 7) is 4.62. The predicted molar refractivity (Wildman–Crippen MR) is 136 cm³/mol. The van der Waals surface area contributed by atoms with Crippen LogP contribution in [0.25, 0.3) is 0 Å². The third-order valence-corrected chi connectivity index (χ3v) is 8.57. The van der Waals surface area contributed by atoms with Gasteiger partial charge in [-0.25, -0.2) is 0 Å². The Morgan fingerprint density at radius 1 is 0.613 bits per heavy atom. The molecule has 0 amide bonds. The Morgan fingerprint density at radius 3 is 1.65 bits per heavy atom. The Kier molecular flexibility index (Phi) is 11.5. The van der Waals surface area contributed by atoms with Crippen LogP contribution < -0.4 is 0 Å². The first-order chi connectivity index (χ1) is 15.3. The van der Waals surface area contributed by atoms with Gasteiger partial charge in [-0.2, -0.15) is 0 Å². The zero-order chi connectivity index (χ0) is 21.7. The molecule has 2 saturated carbocycles. The second-order valence-electron chi connectivity index (χ2n) is 11.0. The molecule has 0 bridgehead atoms. The molecule has 31 heavy (non-hydrogen) atoms. The summed E-state index contributed by atoms with van der Waals surface area (Å²) in [5.74, 6) is 3.50. The topological polar surface area (TPSA) is 12.9 Å². The molecule has 1 heterocycles. The van der Waals surface area contributed by atoms with E-state index in [0.29, 0.717) is 0 Å². The monoisotopic (exact) mass is 425 g/mol. The smallest absolute Gasteiger partial charge is 0.0434 e. The Hall–Kier alpha value is -0.850. The largest absolute Gasteiger partial charge is 0.261 e. The van der Waals surface area contributed by atoms with Gasteiger partial charge < -0.3 is 0 Å². The zero-order valence-corrected chi connectivity index (χ0v) is 20.9. The van der Waals surface area contributed by atoms with E-state index in [-0.39, 0.29) is 0 Å². The average molecular weight is 426 g/mol. The molecule has 0 unspecified atom stereocenters. The van der Waals surface area contributed by atoms with Crippen LogP contribution in [0.15, 0.2) is 18.3 Å². The standard InChI is InChI=1S/C30H51N/c1-3-5-7-9-11-13-25-14-18-27(19-15-25)29-22-23-30(31-24-29)28-20-16-26(17-21-28)12-10-8-6-4-2/h22-28H,3-21H2,1-2H3. The van der Waals surface area contributed by atoms with E-state index in [1.165, 1.54) is 133 Å². The lowest BCUT2D eigenvalue weighted by atomic mass is 9.76. The summed E-state index contributed by atoms with van der Waals surface area (Å²) >= 11 is 0. The van der Waals surface area contributed by atoms with Crippen LogP contribution in [0.3, 0.4) is 0 Å². The fraction of sp³-hybridized carbons (Fsp3) is 0.833. The van der Waals surface area contributed by atoms with Crippen LogP contribution in [0.2, 0.25) is 0 Å². The number of pyridine rings is 1. The molecule has 2 aliphatic rings. The molecule has 0 aliphatic heterocycles. The molecule has 1 nitrogen and oxygen atoms in total. The molecule has 1 heteroatoms.